The first-order chi connectivity index (χ1) is 8.41. The van der Waals surface area contributed by atoms with Crippen molar-refractivity contribution >= 4 is 5.97 Å². The lowest BCUT2D eigenvalue weighted by molar-refractivity contribution is -0.385. The first-order valence-corrected chi connectivity index (χ1v) is 4.77. The average molecular weight is 296 g/mol. The predicted octanol–water partition coefficient (Wildman–Crippen LogP) is 3.01. The van der Waals surface area contributed by atoms with Crippen LogP contribution in [0.15, 0.2) is 12.4 Å². The average Bonchev–Trinajstić information content (AvgIpc) is 2.60. The molecule has 1 saturated heterocycles. The van der Waals surface area contributed by atoms with E-state index < -0.39 is 48.9 Å². The molecule has 0 radical (unpaired) electrons. The number of hydrogen-bond donors (Lipinski definition) is 0. The highest BCUT2D eigenvalue weighted by Gasteiger charge is 2.75. The second-order valence-corrected chi connectivity index (χ2v) is 3.72. The molecule has 0 aromatic carbocycles. The molecule has 0 bridgehead atoms. The van der Waals surface area contributed by atoms with E-state index in [-0.39, 0.29) is 0 Å². The van der Waals surface area contributed by atoms with Crippen molar-refractivity contribution in [3.63, 3.8) is 0 Å². The molecule has 0 saturated carbocycles. The highest BCUT2D eigenvalue weighted by Crippen LogP contribution is 2.53. The minimum absolute atomic E-state index is 0.863. The fraction of sp³-hybridized carbons (Fsp3) is 0.667. The van der Waals surface area contributed by atoms with Gasteiger partial charge in [0.25, 0.3) is 5.60 Å². The minimum atomic E-state index is -5.74. The van der Waals surface area contributed by atoms with Crippen LogP contribution >= 0.6 is 0 Å². The summed E-state index contributed by atoms with van der Waals surface area (Å²) >= 11 is 0. The first kappa shape index (κ1) is 15.7. The Morgan fingerprint density at radius 2 is 1.68 bits per heavy atom. The van der Waals surface area contributed by atoms with Crippen LogP contribution in [0.1, 0.15) is 12.8 Å². The standard InChI is InChI=1S/C9H7F7O3/c1-4(10)6(17)18-5-2-3-7(19-5,8(11,12)13)9(14,15)16/h5H,1-3H2. The molecule has 1 heterocycles. The summed E-state index contributed by atoms with van der Waals surface area (Å²) in [6, 6.07) is 0. The Morgan fingerprint density at radius 3 is 2.00 bits per heavy atom. The summed E-state index contributed by atoms with van der Waals surface area (Å²) in [7, 11) is 0. The van der Waals surface area contributed by atoms with E-state index >= 15 is 0 Å². The largest absolute Gasteiger partial charge is 0.430 e. The van der Waals surface area contributed by atoms with Gasteiger partial charge in [-0.3, -0.25) is 0 Å². The minimum Gasteiger partial charge on any atom is -0.430 e. The van der Waals surface area contributed by atoms with E-state index in [0.717, 1.165) is 0 Å². The van der Waals surface area contributed by atoms with Gasteiger partial charge >= 0.3 is 18.3 Å². The summed E-state index contributed by atoms with van der Waals surface area (Å²) in [6.45, 7) is 2.49. The molecular weight excluding hydrogens is 289 g/mol. The van der Waals surface area contributed by atoms with Gasteiger partial charge in [-0.25, -0.2) is 4.79 Å². The van der Waals surface area contributed by atoms with Crippen LogP contribution in [0.3, 0.4) is 0 Å². The van der Waals surface area contributed by atoms with Gasteiger partial charge in [-0.2, -0.15) is 30.7 Å². The summed E-state index contributed by atoms with van der Waals surface area (Å²) in [4.78, 5) is 10.7. The molecule has 3 nitrogen and oxygen atoms in total. The third kappa shape index (κ3) is 2.82. The Labute approximate surface area is 102 Å². The molecule has 1 aliphatic rings. The number of carbonyl (C=O) groups excluding carboxylic acids is 1. The van der Waals surface area contributed by atoms with E-state index in [2.05, 4.69) is 16.1 Å². The molecule has 0 N–H and O–H groups in total. The molecule has 1 atom stereocenters. The molecular formula is C9H7F7O3. The molecule has 1 unspecified atom stereocenters. The molecule has 0 aliphatic carbocycles. The van der Waals surface area contributed by atoms with Crippen LogP contribution in [0, 0.1) is 0 Å². The molecule has 1 aliphatic heterocycles. The van der Waals surface area contributed by atoms with Gasteiger partial charge in [0.1, 0.15) is 0 Å². The zero-order chi connectivity index (χ0) is 15.1. The molecule has 0 aromatic rings. The van der Waals surface area contributed by atoms with E-state index in [9.17, 15) is 35.5 Å². The number of halogens is 7. The summed E-state index contributed by atoms with van der Waals surface area (Å²) in [5.74, 6) is -3.43. The maximum Gasteiger partial charge on any atom is 0.426 e. The van der Waals surface area contributed by atoms with Crippen LogP contribution in [0.2, 0.25) is 0 Å². The second kappa shape index (κ2) is 4.66. The Kier molecular flexibility index (Phi) is 3.86. The number of alkyl halides is 6. The lowest BCUT2D eigenvalue weighted by Crippen LogP contribution is -2.56. The smallest absolute Gasteiger partial charge is 0.426 e. The van der Waals surface area contributed by atoms with Crippen molar-refractivity contribution in [1.29, 1.82) is 0 Å². The topological polar surface area (TPSA) is 35.5 Å². The van der Waals surface area contributed by atoms with E-state index in [0.29, 0.717) is 0 Å². The summed E-state index contributed by atoms with van der Waals surface area (Å²) in [5.41, 5.74) is -4.41. The Hall–Kier alpha value is -1.32. The summed E-state index contributed by atoms with van der Waals surface area (Å²) < 4.78 is 95.0. The number of ether oxygens (including phenoxy) is 2. The molecule has 110 valence electrons. The number of rotatable bonds is 2. The molecule has 19 heavy (non-hydrogen) atoms. The van der Waals surface area contributed by atoms with Crippen molar-refractivity contribution < 1.29 is 45.0 Å². The zero-order valence-corrected chi connectivity index (χ0v) is 9.07. The van der Waals surface area contributed by atoms with Gasteiger partial charge in [-0.15, -0.1) is 0 Å². The lowest BCUT2D eigenvalue weighted by Gasteiger charge is -2.32. The molecule has 10 heteroatoms. The summed E-state index contributed by atoms with van der Waals surface area (Å²) in [5, 5.41) is 0. The first-order valence-electron chi connectivity index (χ1n) is 4.77. The number of carbonyl (C=O) groups is 1. The van der Waals surface area contributed by atoms with E-state index in [1.54, 1.807) is 0 Å². The fourth-order valence-electron chi connectivity index (χ4n) is 1.51. The monoisotopic (exact) mass is 296 g/mol. The van der Waals surface area contributed by atoms with Gasteiger partial charge in [0.15, 0.2) is 0 Å². The van der Waals surface area contributed by atoms with E-state index in [1.165, 1.54) is 0 Å². The number of esters is 1. The lowest BCUT2D eigenvalue weighted by atomic mass is 9.99. The van der Waals surface area contributed by atoms with Crippen molar-refractivity contribution in [1.82, 2.24) is 0 Å². The molecule has 1 rings (SSSR count). The SMILES string of the molecule is C=C(F)C(=O)OC1CCC(C(F)(F)F)(C(F)(F)F)O1. The Morgan fingerprint density at radius 1 is 1.21 bits per heavy atom. The van der Waals surface area contributed by atoms with Crippen LogP contribution in [0.5, 0.6) is 0 Å². The van der Waals surface area contributed by atoms with Crippen molar-refractivity contribution in [3.8, 4) is 0 Å². The Balaban J connectivity index is 2.91. The van der Waals surface area contributed by atoms with Crippen LogP contribution in [-0.4, -0.2) is 30.2 Å². The predicted molar refractivity (Wildman–Crippen MR) is 45.3 cm³/mol. The van der Waals surface area contributed by atoms with Crippen LogP contribution < -0.4 is 0 Å². The van der Waals surface area contributed by atoms with Crippen molar-refractivity contribution in [3.05, 3.63) is 12.4 Å². The van der Waals surface area contributed by atoms with Gasteiger partial charge in [-0.05, 0) is 0 Å². The number of hydrogen-bond acceptors (Lipinski definition) is 3. The van der Waals surface area contributed by atoms with E-state index in [4.69, 9.17) is 0 Å². The second-order valence-electron chi connectivity index (χ2n) is 3.72. The maximum absolute atomic E-state index is 12.5. The van der Waals surface area contributed by atoms with Crippen LogP contribution in [-0.2, 0) is 14.3 Å². The van der Waals surface area contributed by atoms with Crippen LogP contribution in [0.25, 0.3) is 0 Å². The van der Waals surface area contributed by atoms with Crippen molar-refractivity contribution in [2.24, 2.45) is 0 Å². The molecule has 0 aromatic heterocycles. The van der Waals surface area contributed by atoms with Crippen molar-refractivity contribution in [2.45, 2.75) is 37.1 Å². The highest BCUT2D eigenvalue weighted by molar-refractivity contribution is 5.85. The quantitative estimate of drug-likeness (QED) is 0.446. The zero-order valence-electron chi connectivity index (χ0n) is 9.07. The van der Waals surface area contributed by atoms with Gasteiger partial charge in [-0.1, -0.05) is 6.58 Å². The maximum atomic E-state index is 12.5. The van der Waals surface area contributed by atoms with Crippen LogP contribution in [0.4, 0.5) is 30.7 Å². The Bertz CT molecular complexity index is 370. The third-order valence-corrected chi connectivity index (χ3v) is 2.44. The third-order valence-electron chi connectivity index (χ3n) is 2.44. The van der Waals surface area contributed by atoms with Crippen molar-refractivity contribution in [2.75, 3.05) is 0 Å². The molecule has 1 fully saturated rings. The normalized spacial score (nSPS) is 23.2. The highest BCUT2D eigenvalue weighted by atomic mass is 19.4. The molecule has 0 amide bonds. The van der Waals surface area contributed by atoms with Gasteiger partial charge < -0.3 is 9.47 Å². The van der Waals surface area contributed by atoms with Gasteiger partial charge in [0.2, 0.25) is 12.1 Å². The summed E-state index contributed by atoms with van der Waals surface area (Å²) in [6.07, 6.45) is -15.9. The molecule has 0 spiro atoms. The van der Waals surface area contributed by atoms with E-state index in [1.807, 2.05) is 0 Å². The van der Waals surface area contributed by atoms with Gasteiger partial charge in [0.05, 0.1) is 0 Å². The fourth-order valence-corrected chi connectivity index (χ4v) is 1.51. The van der Waals surface area contributed by atoms with Gasteiger partial charge in [0, 0.05) is 12.8 Å².